The molecule has 0 aromatic heterocycles. The van der Waals surface area contributed by atoms with Gasteiger partial charge in [-0.3, -0.25) is 4.79 Å². The van der Waals surface area contributed by atoms with E-state index in [2.05, 4.69) is 13.8 Å². The molecule has 0 aromatic carbocycles. The van der Waals surface area contributed by atoms with Crippen molar-refractivity contribution >= 4 is 5.91 Å². The first-order valence-electron chi connectivity index (χ1n) is 8.04. The van der Waals surface area contributed by atoms with Crippen molar-refractivity contribution in [3.8, 4) is 0 Å². The van der Waals surface area contributed by atoms with Gasteiger partial charge >= 0.3 is 0 Å². The van der Waals surface area contributed by atoms with Crippen LogP contribution in [0.15, 0.2) is 0 Å². The number of piperidine rings is 1. The van der Waals surface area contributed by atoms with E-state index in [1.54, 1.807) is 7.11 Å². The summed E-state index contributed by atoms with van der Waals surface area (Å²) in [6, 6.07) is 0. The van der Waals surface area contributed by atoms with Gasteiger partial charge in [-0.2, -0.15) is 0 Å². The Morgan fingerprint density at radius 2 is 1.95 bits per heavy atom. The molecule has 1 amide bonds. The summed E-state index contributed by atoms with van der Waals surface area (Å²) in [7, 11) is 1.75. The molecular weight excluding hydrogens is 252 g/mol. The maximum Gasteiger partial charge on any atom is 0.230 e. The van der Waals surface area contributed by atoms with Crippen LogP contribution in [0.4, 0.5) is 0 Å². The minimum absolute atomic E-state index is 0.171. The van der Waals surface area contributed by atoms with E-state index >= 15 is 0 Å². The number of amides is 1. The third kappa shape index (κ3) is 3.01. The fraction of sp³-hybridized carbons (Fsp3) is 0.938. The lowest BCUT2D eigenvalue weighted by molar-refractivity contribution is -0.149. The second-order valence-electron chi connectivity index (χ2n) is 6.96. The van der Waals surface area contributed by atoms with Gasteiger partial charge in [-0.25, -0.2) is 0 Å². The molecule has 2 fully saturated rings. The standard InChI is InChI=1S/C16H30N2O2/c1-12-4-7-16(11-17,8-5-12)15(19)18-9-6-13(2)14(10-18)20-3/h12-14H,4-11,17H2,1-3H3. The number of ether oxygens (including phenoxy) is 1. The van der Waals surface area contributed by atoms with Gasteiger partial charge in [-0.05, 0) is 43.9 Å². The molecule has 2 unspecified atom stereocenters. The van der Waals surface area contributed by atoms with Gasteiger partial charge < -0.3 is 15.4 Å². The van der Waals surface area contributed by atoms with E-state index in [0.29, 0.717) is 12.5 Å². The average molecular weight is 282 g/mol. The molecular formula is C16H30N2O2. The Kier molecular flexibility index (Phi) is 5.08. The topological polar surface area (TPSA) is 55.6 Å². The SMILES string of the molecule is COC1CN(C(=O)C2(CN)CCC(C)CC2)CCC1C. The van der Waals surface area contributed by atoms with Gasteiger partial charge in [-0.1, -0.05) is 13.8 Å². The van der Waals surface area contributed by atoms with E-state index in [-0.39, 0.29) is 17.4 Å². The molecule has 1 heterocycles. The number of hydrogen-bond donors (Lipinski definition) is 1. The Bertz CT molecular complexity index is 337. The second-order valence-corrected chi connectivity index (χ2v) is 6.96. The fourth-order valence-electron chi connectivity index (χ4n) is 3.68. The molecule has 0 radical (unpaired) electrons. The summed E-state index contributed by atoms with van der Waals surface area (Å²) >= 11 is 0. The Balaban J connectivity index is 2.05. The number of hydrogen-bond acceptors (Lipinski definition) is 3. The van der Waals surface area contributed by atoms with Gasteiger partial charge in [-0.15, -0.1) is 0 Å². The normalized spacial score (nSPS) is 38.8. The van der Waals surface area contributed by atoms with Crippen LogP contribution in [-0.4, -0.2) is 43.7 Å². The van der Waals surface area contributed by atoms with Gasteiger partial charge in [0.1, 0.15) is 0 Å². The van der Waals surface area contributed by atoms with Crippen LogP contribution in [0.1, 0.15) is 46.0 Å². The zero-order chi connectivity index (χ0) is 14.8. The molecule has 0 aromatic rings. The van der Waals surface area contributed by atoms with Gasteiger partial charge in [0, 0.05) is 26.7 Å². The summed E-state index contributed by atoms with van der Waals surface area (Å²) in [6.45, 7) is 6.55. The molecule has 1 aliphatic heterocycles. The van der Waals surface area contributed by atoms with Crippen molar-refractivity contribution < 1.29 is 9.53 Å². The molecule has 4 nitrogen and oxygen atoms in total. The van der Waals surface area contributed by atoms with Crippen molar-refractivity contribution in [2.24, 2.45) is 23.0 Å². The van der Waals surface area contributed by atoms with Crippen LogP contribution in [0.3, 0.4) is 0 Å². The number of likely N-dealkylation sites (tertiary alicyclic amines) is 1. The molecule has 1 saturated carbocycles. The first-order chi connectivity index (χ1) is 9.52. The van der Waals surface area contributed by atoms with E-state index in [4.69, 9.17) is 10.5 Å². The minimum atomic E-state index is -0.300. The van der Waals surface area contributed by atoms with E-state index in [9.17, 15) is 4.79 Å². The molecule has 2 N–H and O–H groups in total. The number of rotatable bonds is 3. The zero-order valence-electron chi connectivity index (χ0n) is 13.2. The monoisotopic (exact) mass is 282 g/mol. The van der Waals surface area contributed by atoms with Crippen LogP contribution in [0, 0.1) is 17.3 Å². The maximum atomic E-state index is 13.0. The molecule has 2 atom stereocenters. The van der Waals surface area contributed by atoms with Crippen LogP contribution in [-0.2, 0) is 9.53 Å². The lowest BCUT2D eigenvalue weighted by Crippen LogP contribution is -2.54. The molecule has 1 aliphatic carbocycles. The smallest absolute Gasteiger partial charge is 0.230 e. The largest absolute Gasteiger partial charge is 0.379 e. The summed E-state index contributed by atoms with van der Waals surface area (Å²) < 4.78 is 5.53. The maximum absolute atomic E-state index is 13.0. The highest BCUT2D eigenvalue weighted by Crippen LogP contribution is 2.40. The number of nitrogens with two attached hydrogens (primary N) is 1. The lowest BCUT2D eigenvalue weighted by atomic mass is 9.69. The quantitative estimate of drug-likeness (QED) is 0.861. The third-order valence-corrected chi connectivity index (χ3v) is 5.56. The van der Waals surface area contributed by atoms with Crippen molar-refractivity contribution in [2.75, 3.05) is 26.7 Å². The van der Waals surface area contributed by atoms with Crippen molar-refractivity contribution in [1.29, 1.82) is 0 Å². The second kappa shape index (κ2) is 6.44. The molecule has 0 spiro atoms. The zero-order valence-corrected chi connectivity index (χ0v) is 13.2. The summed E-state index contributed by atoms with van der Waals surface area (Å²) in [5, 5.41) is 0. The molecule has 2 aliphatic rings. The van der Waals surface area contributed by atoms with Gasteiger partial charge in [0.2, 0.25) is 5.91 Å². The van der Waals surface area contributed by atoms with E-state index in [1.807, 2.05) is 4.90 Å². The number of nitrogens with zero attached hydrogens (tertiary/aromatic N) is 1. The highest BCUT2D eigenvalue weighted by Gasteiger charge is 2.43. The van der Waals surface area contributed by atoms with Gasteiger partial charge in [0.25, 0.3) is 0 Å². The van der Waals surface area contributed by atoms with Crippen LogP contribution in [0.2, 0.25) is 0 Å². The Hall–Kier alpha value is -0.610. The summed E-state index contributed by atoms with van der Waals surface area (Å²) in [5.74, 6) is 1.54. The number of methoxy groups -OCH3 is 1. The first kappa shape index (κ1) is 15.8. The Labute approximate surface area is 123 Å². The predicted octanol–water partition coefficient (Wildman–Crippen LogP) is 2.02. The van der Waals surface area contributed by atoms with Crippen molar-refractivity contribution in [3.05, 3.63) is 0 Å². The van der Waals surface area contributed by atoms with Gasteiger partial charge in [0.15, 0.2) is 0 Å². The van der Waals surface area contributed by atoms with Crippen molar-refractivity contribution in [2.45, 2.75) is 52.1 Å². The average Bonchev–Trinajstić information content (AvgIpc) is 2.48. The van der Waals surface area contributed by atoms with Gasteiger partial charge in [0.05, 0.1) is 11.5 Å². The number of carbonyl (C=O) groups is 1. The molecule has 0 bridgehead atoms. The van der Waals surface area contributed by atoms with Crippen LogP contribution < -0.4 is 5.73 Å². The van der Waals surface area contributed by atoms with E-state index < -0.39 is 0 Å². The fourth-order valence-corrected chi connectivity index (χ4v) is 3.68. The highest BCUT2D eigenvalue weighted by atomic mass is 16.5. The molecule has 116 valence electrons. The number of carbonyl (C=O) groups excluding carboxylic acids is 1. The Morgan fingerprint density at radius 3 is 2.50 bits per heavy atom. The summed E-state index contributed by atoms with van der Waals surface area (Å²) in [6.07, 6.45) is 5.36. The summed E-state index contributed by atoms with van der Waals surface area (Å²) in [5.41, 5.74) is 5.71. The minimum Gasteiger partial charge on any atom is -0.379 e. The third-order valence-electron chi connectivity index (χ3n) is 5.56. The van der Waals surface area contributed by atoms with Crippen molar-refractivity contribution in [3.63, 3.8) is 0 Å². The lowest BCUT2D eigenvalue weighted by Gasteiger charge is -2.44. The molecule has 4 heteroatoms. The van der Waals surface area contributed by atoms with Crippen LogP contribution >= 0.6 is 0 Å². The predicted molar refractivity (Wildman–Crippen MR) is 80.3 cm³/mol. The molecule has 2 rings (SSSR count). The molecule has 1 saturated heterocycles. The highest BCUT2D eigenvalue weighted by molar-refractivity contribution is 5.83. The van der Waals surface area contributed by atoms with E-state index in [0.717, 1.165) is 51.1 Å². The van der Waals surface area contributed by atoms with Crippen LogP contribution in [0.5, 0.6) is 0 Å². The van der Waals surface area contributed by atoms with Crippen molar-refractivity contribution in [1.82, 2.24) is 4.90 Å². The van der Waals surface area contributed by atoms with E-state index in [1.165, 1.54) is 0 Å². The first-order valence-corrected chi connectivity index (χ1v) is 8.04. The summed E-state index contributed by atoms with van der Waals surface area (Å²) in [4.78, 5) is 15.0. The Morgan fingerprint density at radius 1 is 1.30 bits per heavy atom. The van der Waals surface area contributed by atoms with Crippen LogP contribution in [0.25, 0.3) is 0 Å². The molecule has 20 heavy (non-hydrogen) atoms.